The van der Waals surface area contributed by atoms with E-state index in [0.717, 1.165) is 26.1 Å². The van der Waals surface area contributed by atoms with Gasteiger partial charge in [-0.1, -0.05) is 6.42 Å². The van der Waals surface area contributed by atoms with Crippen LogP contribution in [0.3, 0.4) is 0 Å². The second-order valence-corrected chi connectivity index (χ2v) is 7.86. The number of hydrogen-bond donors (Lipinski definition) is 2. The van der Waals surface area contributed by atoms with Gasteiger partial charge in [-0.25, -0.2) is 4.79 Å². The van der Waals surface area contributed by atoms with E-state index in [1.165, 1.54) is 25.7 Å². The van der Waals surface area contributed by atoms with E-state index in [2.05, 4.69) is 17.6 Å². The Morgan fingerprint density at radius 2 is 2.14 bits per heavy atom. The van der Waals surface area contributed by atoms with Crippen molar-refractivity contribution in [1.82, 2.24) is 15.5 Å². The fourth-order valence-corrected chi connectivity index (χ4v) is 3.41. The maximum Gasteiger partial charge on any atom is 0.410 e. The Morgan fingerprint density at radius 3 is 2.77 bits per heavy atom. The number of nitrogens with zero attached hydrogens (tertiary/aromatic N) is 1. The summed E-state index contributed by atoms with van der Waals surface area (Å²) in [6, 6.07) is 1.53. The maximum absolute atomic E-state index is 12.1. The average molecular weight is 311 g/mol. The van der Waals surface area contributed by atoms with Crippen LogP contribution >= 0.6 is 0 Å². The fourth-order valence-electron chi connectivity index (χ4n) is 3.41. The van der Waals surface area contributed by atoms with E-state index >= 15 is 0 Å². The Morgan fingerprint density at radius 1 is 1.36 bits per heavy atom. The molecule has 2 rings (SSSR count). The molecule has 3 unspecified atom stereocenters. The molecule has 2 saturated heterocycles. The first-order chi connectivity index (χ1) is 10.3. The summed E-state index contributed by atoms with van der Waals surface area (Å²) in [6.45, 7) is 10.7. The minimum Gasteiger partial charge on any atom is -0.444 e. The summed E-state index contributed by atoms with van der Waals surface area (Å²) < 4.78 is 5.45. The summed E-state index contributed by atoms with van der Waals surface area (Å²) in [7, 11) is 0. The maximum atomic E-state index is 12.1. The van der Waals surface area contributed by atoms with Gasteiger partial charge in [-0.05, 0) is 59.9 Å². The highest BCUT2D eigenvalue weighted by Crippen LogP contribution is 2.17. The number of hydrogen-bond acceptors (Lipinski definition) is 4. The van der Waals surface area contributed by atoms with Crippen molar-refractivity contribution >= 4 is 6.09 Å². The molecular weight excluding hydrogens is 278 g/mol. The largest absolute Gasteiger partial charge is 0.444 e. The van der Waals surface area contributed by atoms with Gasteiger partial charge in [0.1, 0.15) is 5.60 Å². The average Bonchev–Trinajstić information content (AvgIpc) is 2.86. The lowest BCUT2D eigenvalue weighted by molar-refractivity contribution is 0.0290. The van der Waals surface area contributed by atoms with Crippen LogP contribution in [0.25, 0.3) is 0 Å². The Hall–Kier alpha value is -0.810. The van der Waals surface area contributed by atoms with Crippen LogP contribution < -0.4 is 10.6 Å². The van der Waals surface area contributed by atoms with Gasteiger partial charge in [-0.3, -0.25) is 0 Å². The molecule has 0 aromatic carbocycles. The van der Waals surface area contributed by atoms with Gasteiger partial charge in [0.15, 0.2) is 0 Å². The highest BCUT2D eigenvalue weighted by atomic mass is 16.6. The van der Waals surface area contributed by atoms with Crippen molar-refractivity contribution in [1.29, 1.82) is 0 Å². The van der Waals surface area contributed by atoms with Crippen LogP contribution in [-0.2, 0) is 4.74 Å². The van der Waals surface area contributed by atoms with E-state index in [-0.39, 0.29) is 6.09 Å². The van der Waals surface area contributed by atoms with Gasteiger partial charge in [0, 0.05) is 31.2 Å². The number of ether oxygens (including phenoxy) is 1. The van der Waals surface area contributed by atoms with Gasteiger partial charge in [0.25, 0.3) is 0 Å². The molecule has 0 spiro atoms. The predicted molar refractivity (Wildman–Crippen MR) is 89.1 cm³/mol. The topological polar surface area (TPSA) is 53.6 Å². The fraction of sp³-hybridized carbons (Fsp3) is 0.941. The van der Waals surface area contributed by atoms with Crippen LogP contribution in [0.1, 0.15) is 59.8 Å². The molecular formula is C17H33N3O2. The highest BCUT2D eigenvalue weighted by molar-refractivity contribution is 5.68. The quantitative estimate of drug-likeness (QED) is 0.837. The summed E-state index contributed by atoms with van der Waals surface area (Å²) in [6.07, 6.45) is 5.95. The number of likely N-dealkylation sites (tertiary alicyclic amines) is 1. The lowest BCUT2D eigenvalue weighted by atomic mass is 9.98. The van der Waals surface area contributed by atoms with Crippen molar-refractivity contribution < 1.29 is 9.53 Å². The van der Waals surface area contributed by atoms with Crippen LogP contribution in [0.5, 0.6) is 0 Å². The van der Waals surface area contributed by atoms with Crippen LogP contribution in [0.15, 0.2) is 0 Å². The molecule has 1 amide bonds. The molecule has 0 aliphatic carbocycles. The third kappa shape index (κ3) is 5.76. The van der Waals surface area contributed by atoms with E-state index in [1.807, 2.05) is 25.7 Å². The van der Waals surface area contributed by atoms with Crippen molar-refractivity contribution in [2.24, 2.45) is 0 Å². The third-order valence-electron chi connectivity index (χ3n) is 4.41. The normalized spacial score (nSPS) is 27.7. The van der Waals surface area contributed by atoms with Crippen LogP contribution in [-0.4, -0.2) is 54.4 Å². The van der Waals surface area contributed by atoms with E-state index in [9.17, 15) is 4.79 Å². The Labute approximate surface area is 135 Å². The van der Waals surface area contributed by atoms with Gasteiger partial charge in [0.05, 0.1) is 0 Å². The second kappa shape index (κ2) is 7.64. The first-order valence-electron chi connectivity index (χ1n) is 8.81. The van der Waals surface area contributed by atoms with Gasteiger partial charge >= 0.3 is 6.09 Å². The number of rotatable bonds is 4. The second-order valence-electron chi connectivity index (χ2n) is 7.86. The molecule has 0 saturated carbocycles. The summed E-state index contributed by atoms with van der Waals surface area (Å²) in [5.74, 6) is 0. The van der Waals surface area contributed by atoms with Crippen molar-refractivity contribution in [3.05, 3.63) is 0 Å². The first kappa shape index (κ1) is 17.5. The molecule has 5 nitrogen and oxygen atoms in total. The Balaban J connectivity index is 1.70. The predicted octanol–water partition coefficient (Wildman–Crippen LogP) is 2.51. The standard InChI is InChI=1S/C17H33N3O2/c1-13(11-14-7-5-6-9-18-14)19-15-8-10-20(12-15)16(21)22-17(2,3)4/h13-15,18-19H,5-12H2,1-4H3. The molecule has 2 heterocycles. The summed E-state index contributed by atoms with van der Waals surface area (Å²) >= 11 is 0. The minimum atomic E-state index is -0.414. The minimum absolute atomic E-state index is 0.182. The zero-order chi connectivity index (χ0) is 16.2. The Bertz CT molecular complexity index is 361. The van der Waals surface area contributed by atoms with Crippen molar-refractivity contribution in [3.63, 3.8) is 0 Å². The zero-order valence-electron chi connectivity index (χ0n) is 14.7. The van der Waals surface area contributed by atoms with Crippen molar-refractivity contribution in [3.8, 4) is 0 Å². The van der Waals surface area contributed by atoms with Crippen molar-refractivity contribution in [2.45, 2.75) is 83.5 Å². The number of carbonyl (C=O) groups excluding carboxylic acids is 1. The first-order valence-corrected chi connectivity index (χ1v) is 8.81. The molecule has 5 heteroatoms. The number of amides is 1. The summed E-state index contributed by atoms with van der Waals surface area (Å²) in [5, 5.41) is 7.29. The number of carbonyl (C=O) groups is 1. The zero-order valence-corrected chi connectivity index (χ0v) is 14.7. The molecule has 3 atom stereocenters. The molecule has 0 bridgehead atoms. The lowest BCUT2D eigenvalue weighted by Crippen LogP contribution is -2.44. The molecule has 0 aromatic rings. The molecule has 22 heavy (non-hydrogen) atoms. The monoisotopic (exact) mass is 311 g/mol. The molecule has 2 N–H and O–H groups in total. The third-order valence-corrected chi connectivity index (χ3v) is 4.41. The molecule has 2 aliphatic heterocycles. The van der Waals surface area contributed by atoms with Crippen LogP contribution in [0, 0.1) is 0 Å². The molecule has 128 valence electrons. The number of nitrogens with one attached hydrogen (secondary N) is 2. The smallest absolute Gasteiger partial charge is 0.410 e. The van der Waals surface area contributed by atoms with E-state index in [1.54, 1.807) is 0 Å². The van der Waals surface area contributed by atoms with E-state index in [0.29, 0.717) is 18.1 Å². The van der Waals surface area contributed by atoms with Gasteiger partial charge < -0.3 is 20.3 Å². The summed E-state index contributed by atoms with van der Waals surface area (Å²) in [4.78, 5) is 13.9. The van der Waals surface area contributed by atoms with Crippen molar-refractivity contribution in [2.75, 3.05) is 19.6 Å². The van der Waals surface area contributed by atoms with Crippen LogP contribution in [0.2, 0.25) is 0 Å². The SMILES string of the molecule is CC(CC1CCCCN1)NC1CCN(C(=O)OC(C)(C)C)C1. The van der Waals surface area contributed by atoms with Gasteiger partial charge in [-0.2, -0.15) is 0 Å². The molecule has 2 aliphatic rings. The van der Waals surface area contributed by atoms with Gasteiger partial charge in [0.2, 0.25) is 0 Å². The Kier molecular flexibility index (Phi) is 6.09. The summed E-state index contributed by atoms with van der Waals surface area (Å²) in [5.41, 5.74) is -0.414. The van der Waals surface area contributed by atoms with Crippen LogP contribution in [0.4, 0.5) is 4.79 Å². The molecule has 0 aromatic heterocycles. The van der Waals surface area contributed by atoms with Gasteiger partial charge in [-0.15, -0.1) is 0 Å². The lowest BCUT2D eigenvalue weighted by Gasteiger charge is -2.28. The van der Waals surface area contributed by atoms with E-state index in [4.69, 9.17) is 4.74 Å². The van der Waals surface area contributed by atoms with E-state index < -0.39 is 5.60 Å². The molecule has 0 radical (unpaired) electrons. The number of piperidine rings is 1. The highest BCUT2D eigenvalue weighted by Gasteiger charge is 2.30. The molecule has 2 fully saturated rings.